The third-order valence-corrected chi connectivity index (χ3v) is 4.58. The van der Waals surface area contributed by atoms with Crippen LogP contribution in [0, 0.1) is 20.8 Å². The van der Waals surface area contributed by atoms with Crippen LogP contribution in [0.3, 0.4) is 0 Å². The highest BCUT2D eigenvalue weighted by Crippen LogP contribution is 2.28. The Morgan fingerprint density at radius 3 is 2.40 bits per heavy atom. The predicted molar refractivity (Wildman–Crippen MR) is 86.4 cm³/mol. The van der Waals surface area contributed by atoms with Gasteiger partial charge in [0.15, 0.2) is 0 Å². The van der Waals surface area contributed by atoms with Gasteiger partial charge in [-0.3, -0.25) is 4.68 Å². The summed E-state index contributed by atoms with van der Waals surface area (Å²) in [5.41, 5.74) is 5.50. The van der Waals surface area contributed by atoms with Crippen LogP contribution in [0.4, 0.5) is 0 Å². The monoisotopic (exact) mass is 289 g/mol. The van der Waals surface area contributed by atoms with Gasteiger partial charge in [0.2, 0.25) is 0 Å². The van der Waals surface area contributed by atoms with Gasteiger partial charge < -0.3 is 5.32 Å². The number of thioether (sulfide) groups is 1. The van der Waals surface area contributed by atoms with Gasteiger partial charge in [0.1, 0.15) is 0 Å². The Hall–Kier alpha value is -1.26. The van der Waals surface area contributed by atoms with Crippen molar-refractivity contribution < 1.29 is 0 Å². The van der Waals surface area contributed by atoms with Gasteiger partial charge in [-0.15, -0.1) is 11.8 Å². The lowest BCUT2D eigenvalue weighted by atomic mass is 9.95. The number of hydrogen-bond donors (Lipinski definition) is 1. The molecule has 0 bridgehead atoms. The number of nitrogens with one attached hydrogen (secondary N) is 1. The molecule has 1 N–H and O–H groups in total. The van der Waals surface area contributed by atoms with E-state index in [0.29, 0.717) is 6.04 Å². The number of benzene rings is 1. The molecule has 1 unspecified atom stereocenters. The van der Waals surface area contributed by atoms with Crippen molar-refractivity contribution in [3.8, 4) is 0 Å². The summed E-state index contributed by atoms with van der Waals surface area (Å²) in [5.74, 6) is 1.01. The average Bonchev–Trinajstić information content (AvgIpc) is 2.78. The lowest BCUT2D eigenvalue weighted by Gasteiger charge is -2.21. The first kappa shape index (κ1) is 15.1. The largest absolute Gasteiger partial charge is 0.312 e. The Morgan fingerprint density at radius 1 is 1.25 bits per heavy atom. The molecule has 0 saturated carbocycles. The van der Waals surface area contributed by atoms with E-state index in [9.17, 15) is 0 Å². The van der Waals surface area contributed by atoms with Crippen molar-refractivity contribution in [2.45, 2.75) is 31.7 Å². The van der Waals surface area contributed by atoms with E-state index in [1.54, 1.807) is 0 Å². The van der Waals surface area contributed by atoms with Crippen molar-refractivity contribution >= 4 is 11.8 Å². The maximum absolute atomic E-state index is 4.22. The molecular weight excluding hydrogens is 266 g/mol. The molecule has 1 atom stereocenters. The molecular formula is C16H23N3S. The Bertz CT molecular complexity index is 566. The van der Waals surface area contributed by atoms with Gasteiger partial charge >= 0.3 is 0 Å². The smallest absolute Gasteiger partial charge is 0.0625 e. The summed E-state index contributed by atoms with van der Waals surface area (Å²) in [4.78, 5) is 1.22. The van der Waals surface area contributed by atoms with Crippen LogP contribution in [0.1, 0.15) is 28.3 Å². The van der Waals surface area contributed by atoms with Crippen molar-refractivity contribution in [2.75, 3.05) is 12.8 Å². The van der Waals surface area contributed by atoms with E-state index < -0.39 is 0 Å². The van der Waals surface area contributed by atoms with Crippen molar-refractivity contribution in [3.05, 3.63) is 46.8 Å². The van der Waals surface area contributed by atoms with E-state index >= 15 is 0 Å². The minimum atomic E-state index is 0.362. The SMILES string of the molecule is CNC(CSc1cnn(C)c1)c1c(C)cc(C)cc1C. The number of nitrogens with zero attached hydrogens (tertiary/aromatic N) is 2. The van der Waals surface area contributed by atoms with E-state index in [1.165, 1.54) is 27.1 Å². The molecule has 0 fully saturated rings. The van der Waals surface area contributed by atoms with Gasteiger partial charge in [-0.05, 0) is 44.5 Å². The first-order chi connectivity index (χ1) is 9.51. The minimum absolute atomic E-state index is 0.362. The van der Waals surface area contributed by atoms with E-state index in [1.807, 2.05) is 36.7 Å². The van der Waals surface area contributed by atoms with Crippen molar-refractivity contribution in [1.82, 2.24) is 15.1 Å². The first-order valence-corrected chi connectivity index (χ1v) is 7.86. The number of aromatic nitrogens is 2. The van der Waals surface area contributed by atoms with E-state index in [-0.39, 0.29) is 0 Å². The van der Waals surface area contributed by atoms with E-state index in [2.05, 4.69) is 49.5 Å². The third kappa shape index (κ3) is 3.44. The van der Waals surface area contributed by atoms with Gasteiger partial charge in [-0.1, -0.05) is 17.7 Å². The molecule has 1 aromatic heterocycles. The van der Waals surface area contributed by atoms with Crippen LogP contribution < -0.4 is 5.32 Å². The highest BCUT2D eigenvalue weighted by Gasteiger charge is 2.15. The predicted octanol–water partition coefficient (Wildman–Crippen LogP) is 3.40. The fraction of sp³-hybridized carbons (Fsp3) is 0.438. The van der Waals surface area contributed by atoms with Crippen molar-refractivity contribution in [2.24, 2.45) is 7.05 Å². The quantitative estimate of drug-likeness (QED) is 0.856. The zero-order chi connectivity index (χ0) is 14.7. The summed E-state index contributed by atoms with van der Waals surface area (Å²) in [6.07, 6.45) is 3.98. The molecule has 108 valence electrons. The van der Waals surface area contributed by atoms with Gasteiger partial charge in [-0.25, -0.2) is 0 Å². The van der Waals surface area contributed by atoms with E-state index in [0.717, 1.165) is 5.75 Å². The second kappa shape index (κ2) is 6.46. The van der Waals surface area contributed by atoms with Gasteiger partial charge in [0.05, 0.1) is 6.20 Å². The first-order valence-electron chi connectivity index (χ1n) is 6.87. The fourth-order valence-electron chi connectivity index (χ4n) is 2.70. The van der Waals surface area contributed by atoms with Crippen molar-refractivity contribution in [1.29, 1.82) is 0 Å². The molecule has 1 heterocycles. The third-order valence-electron chi connectivity index (χ3n) is 3.53. The van der Waals surface area contributed by atoms with Crippen LogP contribution in [0.5, 0.6) is 0 Å². The number of rotatable bonds is 5. The van der Waals surface area contributed by atoms with Crippen LogP contribution in [0.15, 0.2) is 29.4 Å². The zero-order valence-electron chi connectivity index (χ0n) is 12.9. The molecule has 3 nitrogen and oxygen atoms in total. The highest BCUT2D eigenvalue weighted by atomic mass is 32.2. The molecule has 0 aliphatic rings. The van der Waals surface area contributed by atoms with E-state index in [4.69, 9.17) is 0 Å². The Kier molecular flexibility index (Phi) is 4.89. The molecule has 4 heteroatoms. The Balaban J connectivity index is 2.16. The van der Waals surface area contributed by atoms with Crippen LogP contribution in [0.25, 0.3) is 0 Å². The molecule has 0 aliphatic heterocycles. The summed E-state index contributed by atoms with van der Waals surface area (Å²) < 4.78 is 1.85. The Morgan fingerprint density at radius 2 is 1.90 bits per heavy atom. The molecule has 1 aromatic carbocycles. The maximum atomic E-state index is 4.22. The molecule has 0 spiro atoms. The van der Waals surface area contributed by atoms with Crippen molar-refractivity contribution in [3.63, 3.8) is 0 Å². The summed E-state index contributed by atoms with van der Waals surface area (Å²) in [5, 5.41) is 7.66. The Labute approximate surface area is 125 Å². The van der Waals surface area contributed by atoms with Crippen LogP contribution in [-0.2, 0) is 7.05 Å². The summed E-state index contributed by atoms with van der Waals surface area (Å²) >= 11 is 1.84. The standard InChI is InChI=1S/C16H23N3S/c1-11-6-12(2)16(13(3)7-11)15(17-4)10-20-14-8-18-19(5)9-14/h6-9,15,17H,10H2,1-5H3. The van der Waals surface area contributed by atoms with Gasteiger partial charge in [0, 0.05) is 29.9 Å². The average molecular weight is 289 g/mol. The van der Waals surface area contributed by atoms with Crippen LogP contribution in [0.2, 0.25) is 0 Å². The van der Waals surface area contributed by atoms with Crippen LogP contribution in [-0.4, -0.2) is 22.6 Å². The molecule has 2 aromatic rings. The van der Waals surface area contributed by atoms with Gasteiger partial charge in [0.25, 0.3) is 0 Å². The summed E-state index contributed by atoms with van der Waals surface area (Å²) in [7, 11) is 3.99. The zero-order valence-corrected chi connectivity index (χ0v) is 13.7. The highest BCUT2D eigenvalue weighted by molar-refractivity contribution is 7.99. The number of hydrogen-bond acceptors (Lipinski definition) is 3. The molecule has 2 rings (SSSR count). The van der Waals surface area contributed by atoms with Crippen LogP contribution >= 0.6 is 11.8 Å². The lowest BCUT2D eigenvalue weighted by Crippen LogP contribution is -2.21. The summed E-state index contributed by atoms with van der Waals surface area (Å²) in [6.45, 7) is 6.56. The second-order valence-corrected chi connectivity index (χ2v) is 6.41. The minimum Gasteiger partial charge on any atom is -0.312 e. The molecule has 0 aliphatic carbocycles. The fourth-order valence-corrected chi connectivity index (χ4v) is 3.75. The second-order valence-electron chi connectivity index (χ2n) is 5.31. The molecule has 0 saturated heterocycles. The normalized spacial score (nSPS) is 12.7. The summed E-state index contributed by atoms with van der Waals surface area (Å²) in [6, 6.07) is 4.89. The van der Waals surface area contributed by atoms with Gasteiger partial charge in [-0.2, -0.15) is 5.10 Å². The molecule has 0 radical (unpaired) electrons. The topological polar surface area (TPSA) is 29.9 Å². The maximum Gasteiger partial charge on any atom is 0.0625 e. The molecule has 0 amide bonds. The number of aryl methyl sites for hydroxylation is 4. The lowest BCUT2D eigenvalue weighted by molar-refractivity contribution is 0.653. The molecule has 20 heavy (non-hydrogen) atoms.